The fourth-order valence-electron chi connectivity index (χ4n) is 3.17. The summed E-state index contributed by atoms with van der Waals surface area (Å²) in [5.41, 5.74) is -0.565. The van der Waals surface area contributed by atoms with Crippen molar-refractivity contribution in [3.05, 3.63) is 0 Å². The van der Waals surface area contributed by atoms with Gasteiger partial charge in [0.05, 0.1) is 30.7 Å². The second-order valence-corrected chi connectivity index (χ2v) is 6.13. The molecule has 2 N–H and O–H groups in total. The average Bonchev–Trinajstić information content (AvgIpc) is 2.79. The Kier molecular flexibility index (Phi) is 4.52. The highest BCUT2D eigenvalue weighted by Crippen LogP contribution is 2.33. The monoisotopic (exact) mass is 284 g/mol. The summed E-state index contributed by atoms with van der Waals surface area (Å²) in [4.78, 5) is 25.3. The van der Waals surface area contributed by atoms with Crippen LogP contribution in [0.2, 0.25) is 0 Å². The number of amides is 2. The van der Waals surface area contributed by atoms with Crippen molar-refractivity contribution < 1.29 is 19.4 Å². The first-order valence-corrected chi connectivity index (χ1v) is 7.34. The number of carboxylic acid groups (broad SMARTS) is 1. The van der Waals surface area contributed by atoms with Crippen molar-refractivity contribution in [2.75, 3.05) is 13.2 Å². The van der Waals surface area contributed by atoms with Crippen LogP contribution in [0.5, 0.6) is 0 Å². The second kappa shape index (κ2) is 5.99. The predicted molar refractivity (Wildman–Crippen MR) is 73.6 cm³/mol. The summed E-state index contributed by atoms with van der Waals surface area (Å²) < 4.78 is 5.51. The minimum atomic E-state index is -0.851. The van der Waals surface area contributed by atoms with Crippen LogP contribution in [0.3, 0.4) is 0 Å². The number of carbonyl (C=O) groups excluding carboxylic acids is 1. The zero-order valence-corrected chi connectivity index (χ0v) is 12.2. The van der Waals surface area contributed by atoms with Crippen LogP contribution < -0.4 is 5.32 Å². The number of nitrogens with zero attached hydrogens (tertiary/aromatic N) is 1. The molecule has 2 fully saturated rings. The van der Waals surface area contributed by atoms with Crippen LogP contribution in [-0.4, -0.2) is 52.8 Å². The van der Waals surface area contributed by atoms with Gasteiger partial charge in [-0.3, -0.25) is 4.79 Å². The number of morpholine rings is 1. The molecule has 0 aromatic carbocycles. The molecule has 1 saturated heterocycles. The zero-order chi connectivity index (χ0) is 14.8. The van der Waals surface area contributed by atoms with E-state index in [2.05, 4.69) is 5.32 Å². The molecule has 2 aliphatic rings. The van der Waals surface area contributed by atoms with E-state index < -0.39 is 11.5 Å². The van der Waals surface area contributed by atoms with Gasteiger partial charge >= 0.3 is 12.0 Å². The predicted octanol–water partition coefficient (Wildman–Crippen LogP) is 1.59. The lowest BCUT2D eigenvalue weighted by molar-refractivity contribution is -0.138. The molecule has 0 aromatic heterocycles. The van der Waals surface area contributed by atoms with Crippen molar-refractivity contribution in [2.24, 2.45) is 0 Å². The third-order valence-corrected chi connectivity index (χ3v) is 4.29. The van der Waals surface area contributed by atoms with Gasteiger partial charge in [0.15, 0.2) is 0 Å². The fraction of sp³-hybridized carbons (Fsp3) is 0.857. The van der Waals surface area contributed by atoms with E-state index in [1.807, 2.05) is 13.8 Å². The second-order valence-electron chi connectivity index (χ2n) is 6.13. The van der Waals surface area contributed by atoms with Gasteiger partial charge in [-0.25, -0.2) is 4.79 Å². The molecule has 2 unspecified atom stereocenters. The summed E-state index contributed by atoms with van der Waals surface area (Å²) >= 11 is 0. The van der Waals surface area contributed by atoms with Crippen molar-refractivity contribution >= 4 is 12.0 Å². The molecule has 114 valence electrons. The molecule has 1 heterocycles. The number of carbonyl (C=O) groups is 2. The smallest absolute Gasteiger partial charge is 0.318 e. The summed E-state index contributed by atoms with van der Waals surface area (Å²) in [6.45, 7) is 4.97. The van der Waals surface area contributed by atoms with Crippen molar-refractivity contribution in [3.8, 4) is 0 Å². The summed E-state index contributed by atoms with van der Waals surface area (Å²) in [5.74, 6) is -0.851. The summed E-state index contributed by atoms with van der Waals surface area (Å²) in [6, 6.07) is -0.134. The van der Waals surface area contributed by atoms with Gasteiger partial charge < -0.3 is 20.1 Å². The van der Waals surface area contributed by atoms with E-state index in [1.165, 1.54) is 0 Å². The Balaban J connectivity index is 2.02. The highest BCUT2D eigenvalue weighted by molar-refractivity contribution is 5.77. The summed E-state index contributed by atoms with van der Waals surface area (Å²) in [6.07, 6.45) is 3.48. The maximum absolute atomic E-state index is 12.5. The molecule has 1 aliphatic heterocycles. The Morgan fingerprint density at radius 2 is 2.00 bits per heavy atom. The number of ether oxygens (including phenoxy) is 1. The standard InChI is InChI=1S/C14H24N2O4/c1-10-9-20-11(2)8-16(10)13(19)15-14(7-12(17)18)5-3-4-6-14/h10-11H,3-9H2,1-2H3,(H,15,19)(H,17,18). The van der Waals surface area contributed by atoms with Crippen LogP contribution in [0.4, 0.5) is 4.79 Å². The van der Waals surface area contributed by atoms with Crippen LogP contribution in [0.1, 0.15) is 46.0 Å². The molecule has 6 heteroatoms. The van der Waals surface area contributed by atoms with E-state index in [9.17, 15) is 9.59 Å². The molecule has 2 rings (SSSR count). The molecule has 2 amide bonds. The van der Waals surface area contributed by atoms with E-state index in [0.717, 1.165) is 25.7 Å². The Morgan fingerprint density at radius 3 is 2.60 bits per heavy atom. The first-order valence-electron chi connectivity index (χ1n) is 7.34. The SMILES string of the molecule is CC1CN(C(=O)NC2(CC(=O)O)CCCC2)C(C)CO1. The molecule has 20 heavy (non-hydrogen) atoms. The van der Waals surface area contributed by atoms with Gasteiger partial charge in [0.2, 0.25) is 0 Å². The third kappa shape index (κ3) is 3.42. The number of urea groups is 1. The van der Waals surface area contributed by atoms with E-state index in [0.29, 0.717) is 13.2 Å². The van der Waals surface area contributed by atoms with Gasteiger partial charge in [0.1, 0.15) is 0 Å². The summed E-state index contributed by atoms with van der Waals surface area (Å²) in [7, 11) is 0. The quantitative estimate of drug-likeness (QED) is 0.825. The van der Waals surface area contributed by atoms with Gasteiger partial charge in [0, 0.05) is 6.54 Å². The largest absolute Gasteiger partial charge is 0.481 e. The van der Waals surface area contributed by atoms with E-state index in [-0.39, 0.29) is 24.6 Å². The lowest BCUT2D eigenvalue weighted by Gasteiger charge is -2.39. The number of aliphatic carboxylic acids is 1. The van der Waals surface area contributed by atoms with Gasteiger partial charge in [-0.05, 0) is 26.7 Å². The van der Waals surface area contributed by atoms with Crippen LogP contribution in [-0.2, 0) is 9.53 Å². The van der Waals surface area contributed by atoms with Crippen LogP contribution >= 0.6 is 0 Å². The molecular weight excluding hydrogens is 260 g/mol. The van der Waals surface area contributed by atoms with E-state index >= 15 is 0 Å². The Bertz CT molecular complexity index is 379. The van der Waals surface area contributed by atoms with Crippen molar-refractivity contribution in [1.82, 2.24) is 10.2 Å². The highest BCUT2D eigenvalue weighted by Gasteiger charge is 2.39. The van der Waals surface area contributed by atoms with Gasteiger partial charge in [-0.1, -0.05) is 12.8 Å². The number of rotatable bonds is 3. The maximum atomic E-state index is 12.5. The number of carboxylic acids is 1. The Hall–Kier alpha value is -1.30. The van der Waals surface area contributed by atoms with Crippen molar-refractivity contribution in [3.63, 3.8) is 0 Å². The van der Waals surface area contributed by atoms with Gasteiger partial charge in [-0.2, -0.15) is 0 Å². The number of nitrogens with one attached hydrogen (secondary N) is 1. The highest BCUT2D eigenvalue weighted by atomic mass is 16.5. The molecule has 0 bridgehead atoms. The fourth-order valence-corrected chi connectivity index (χ4v) is 3.17. The molecule has 1 aliphatic carbocycles. The first-order chi connectivity index (χ1) is 9.42. The lowest BCUT2D eigenvalue weighted by atomic mass is 9.93. The molecular formula is C14H24N2O4. The van der Waals surface area contributed by atoms with Crippen molar-refractivity contribution in [2.45, 2.75) is 63.6 Å². The van der Waals surface area contributed by atoms with E-state index in [4.69, 9.17) is 9.84 Å². The number of hydrogen-bond donors (Lipinski definition) is 2. The molecule has 0 radical (unpaired) electrons. The summed E-state index contributed by atoms with van der Waals surface area (Å²) in [5, 5.41) is 12.1. The van der Waals surface area contributed by atoms with Crippen molar-refractivity contribution in [1.29, 1.82) is 0 Å². The van der Waals surface area contributed by atoms with Crippen LogP contribution in [0, 0.1) is 0 Å². The van der Waals surface area contributed by atoms with Gasteiger partial charge in [-0.15, -0.1) is 0 Å². The number of hydrogen-bond acceptors (Lipinski definition) is 3. The molecule has 0 spiro atoms. The van der Waals surface area contributed by atoms with Gasteiger partial charge in [0.25, 0.3) is 0 Å². The molecule has 2 atom stereocenters. The first kappa shape index (κ1) is 15.1. The molecule has 0 aromatic rings. The average molecular weight is 284 g/mol. The third-order valence-electron chi connectivity index (χ3n) is 4.29. The topological polar surface area (TPSA) is 78.9 Å². The van der Waals surface area contributed by atoms with Crippen LogP contribution in [0.25, 0.3) is 0 Å². The molecule has 6 nitrogen and oxygen atoms in total. The van der Waals surface area contributed by atoms with E-state index in [1.54, 1.807) is 4.90 Å². The maximum Gasteiger partial charge on any atom is 0.318 e. The Morgan fingerprint density at radius 1 is 1.35 bits per heavy atom. The Labute approximate surface area is 119 Å². The minimum absolute atomic E-state index is 0.00696. The van der Waals surface area contributed by atoms with Crippen LogP contribution in [0.15, 0.2) is 0 Å². The zero-order valence-electron chi connectivity index (χ0n) is 12.2. The molecule has 1 saturated carbocycles. The lowest BCUT2D eigenvalue weighted by Crippen LogP contribution is -2.58. The minimum Gasteiger partial charge on any atom is -0.481 e. The normalized spacial score (nSPS) is 29.2.